The van der Waals surface area contributed by atoms with Crippen LogP contribution in [-0.2, 0) is 5.75 Å². The van der Waals surface area contributed by atoms with Gasteiger partial charge >= 0.3 is 0 Å². The molecular weight excluding hydrogens is 249 g/mol. The van der Waals surface area contributed by atoms with Gasteiger partial charge in [-0.05, 0) is 31.0 Å². The summed E-state index contributed by atoms with van der Waals surface area (Å²) in [7, 11) is 0. The highest BCUT2D eigenvalue weighted by atomic mass is 32.2. The van der Waals surface area contributed by atoms with E-state index >= 15 is 0 Å². The molecule has 0 saturated heterocycles. The van der Waals surface area contributed by atoms with Crippen LogP contribution in [0.2, 0.25) is 0 Å². The minimum atomic E-state index is -0.351. The van der Waals surface area contributed by atoms with E-state index in [9.17, 15) is 4.39 Å². The predicted molar refractivity (Wildman–Crippen MR) is 70.9 cm³/mol. The first-order chi connectivity index (χ1) is 8.74. The molecule has 0 unspecified atom stereocenters. The van der Waals surface area contributed by atoms with Crippen molar-refractivity contribution in [2.24, 2.45) is 0 Å². The lowest BCUT2D eigenvalue weighted by Crippen LogP contribution is -1.97. The van der Waals surface area contributed by atoms with Crippen LogP contribution in [0.5, 0.6) is 0 Å². The molecule has 18 heavy (non-hydrogen) atoms. The molecule has 1 aliphatic rings. The number of halogens is 1. The van der Waals surface area contributed by atoms with Crippen molar-refractivity contribution in [3.63, 3.8) is 0 Å². The van der Waals surface area contributed by atoms with Gasteiger partial charge in [0, 0.05) is 28.6 Å². The van der Waals surface area contributed by atoms with Crippen LogP contribution < -0.4 is 5.73 Å². The summed E-state index contributed by atoms with van der Waals surface area (Å²) in [5.41, 5.74) is 6.84. The number of nitrogens with zero attached hydrogens (tertiary/aromatic N) is 2. The van der Waals surface area contributed by atoms with Crippen molar-refractivity contribution in [1.82, 2.24) is 9.55 Å². The molecule has 1 saturated carbocycles. The van der Waals surface area contributed by atoms with Gasteiger partial charge in [-0.15, -0.1) is 11.8 Å². The third kappa shape index (κ3) is 2.36. The summed E-state index contributed by atoms with van der Waals surface area (Å²) < 4.78 is 15.5. The van der Waals surface area contributed by atoms with Crippen molar-refractivity contribution >= 4 is 17.4 Å². The molecular formula is C13H14FN3S. The van der Waals surface area contributed by atoms with Crippen LogP contribution in [-0.4, -0.2) is 9.55 Å². The van der Waals surface area contributed by atoms with Crippen molar-refractivity contribution in [3.8, 4) is 0 Å². The minimum Gasteiger partial charge on any atom is -0.396 e. The van der Waals surface area contributed by atoms with Crippen LogP contribution in [0, 0.1) is 5.82 Å². The number of thioether (sulfide) groups is 1. The van der Waals surface area contributed by atoms with Gasteiger partial charge in [0.15, 0.2) is 0 Å². The lowest BCUT2D eigenvalue weighted by atomic mass is 10.3. The van der Waals surface area contributed by atoms with Crippen LogP contribution in [0.4, 0.5) is 10.1 Å². The molecule has 3 nitrogen and oxygen atoms in total. The largest absolute Gasteiger partial charge is 0.396 e. The summed E-state index contributed by atoms with van der Waals surface area (Å²) in [5.74, 6) is 0.454. The number of nitrogen functional groups attached to an aromatic ring is 1. The van der Waals surface area contributed by atoms with Crippen molar-refractivity contribution in [2.45, 2.75) is 29.5 Å². The second kappa shape index (κ2) is 4.65. The van der Waals surface area contributed by atoms with Gasteiger partial charge in [0.1, 0.15) is 5.82 Å². The smallest absolute Gasteiger partial charge is 0.147 e. The van der Waals surface area contributed by atoms with E-state index in [1.165, 1.54) is 24.6 Å². The molecule has 2 aromatic rings. The highest BCUT2D eigenvalue weighted by Crippen LogP contribution is 2.37. The first-order valence-electron chi connectivity index (χ1n) is 5.92. The molecule has 0 radical (unpaired) electrons. The number of imidazole rings is 1. The molecule has 94 valence electrons. The van der Waals surface area contributed by atoms with Gasteiger partial charge in [0.25, 0.3) is 0 Å². The van der Waals surface area contributed by atoms with E-state index in [2.05, 4.69) is 9.55 Å². The summed E-state index contributed by atoms with van der Waals surface area (Å²) in [6.07, 6.45) is 6.26. The zero-order valence-corrected chi connectivity index (χ0v) is 10.7. The van der Waals surface area contributed by atoms with Gasteiger partial charge < -0.3 is 10.3 Å². The molecule has 0 bridgehead atoms. The molecule has 2 N–H and O–H groups in total. The first-order valence-corrected chi connectivity index (χ1v) is 6.91. The van der Waals surface area contributed by atoms with Crippen LogP contribution in [0.3, 0.4) is 0 Å². The monoisotopic (exact) mass is 263 g/mol. The lowest BCUT2D eigenvalue weighted by molar-refractivity contribution is 0.629. The third-order valence-corrected chi connectivity index (χ3v) is 4.07. The van der Waals surface area contributed by atoms with Crippen LogP contribution >= 0.6 is 11.8 Å². The van der Waals surface area contributed by atoms with Gasteiger partial charge in [-0.2, -0.15) is 0 Å². The molecule has 0 atom stereocenters. The SMILES string of the molecule is Nc1ccc(SCc2cncn2C2CC2)cc1F. The number of hydrogen-bond acceptors (Lipinski definition) is 3. The Labute approximate surface area is 109 Å². The summed E-state index contributed by atoms with van der Waals surface area (Å²) in [6.45, 7) is 0. The fourth-order valence-corrected chi connectivity index (χ4v) is 2.77. The van der Waals surface area contributed by atoms with E-state index in [-0.39, 0.29) is 11.5 Å². The van der Waals surface area contributed by atoms with Crippen LogP contribution in [0.15, 0.2) is 35.6 Å². The van der Waals surface area contributed by atoms with E-state index in [0.717, 1.165) is 10.6 Å². The predicted octanol–water partition coefficient (Wildman–Crippen LogP) is 3.23. The Bertz CT molecular complexity index is 563. The van der Waals surface area contributed by atoms with E-state index in [1.54, 1.807) is 17.8 Å². The fourth-order valence-electron chi connectivity index (χ4n) is 1.88. The zero-order valence-electron chi connectivity index (χ0n) is 9.84. The normalized spacial score (nSPS) is 14.9. The van der Waals surface area contributed by atoms with Gasteiger partial charge in [-0.3, -0.25) is 0 Å². The Morgan fingerprint density at radius 1 is 1.44 bits per heavy atom. The molecule has 1 aromatic carbocycles. The lowest BCUT2D eigenvalue weighted by Gasteiger charge is -2.06. The Kier molecular flexibility index (Phi) is 2.99. The maximum atomic E-state index is 13.3. The van der Waals surface area contributed by atoms with Gasteiger partial charge in [-0.25, -0.2) is 9.37 Å². The Morgan fingerprint density at radius 2 is 2.28 bits per heavy atom. The summed E-state index contributed by atoms with van der Waals surface area (Å²) in [6, 6.07) is 5.57. The number of aromatic nitrogens is 2. The summed E-state index contributed by atoms with van der Waals surface area (Å²) in [5, 5.41) is 0. The first kappa shape index (κ1) is 11.6. The molecule has 1 fully saturated rings. The standard InChI is InChI=1S/C13H14FN3S/c14-12-5-11(3-4-13(12)15)18-7-10-6-16-8-17(10)9-1-2-9/h3-6,8-9H,1-2,7,15H2. The minimum absolute atomic E-state index is 0.197. The van der Waals surface area contributed by atoms with E-state index in [1.807, 2.05) is 18.6 Å². The summed E-state index contributed by atoms with van der Waals surface area (Å²) >= 11 is 1.60. The Morgan fingerprint density at radius 3 is 3.00 bits per heavy atom. The van der Waals surface area contributed by atoms with Crippen LogP contribution in [0.25, 0.3) is 0 Å². The molecule has 1 heterocycles. The topological polar surface area (TPSA) is 43.8 Å². The second-order valence-corrected chi connectivity index (χ2v) is 5.54. The third-order valence-electron chi connectivity index (χ3n) is 3.05. The maximum absolute atomic E-state index is 13.3. The van der Waals surface area contributed by atoms with Gasteiger partial charge in [0.2, 0.25) is 0 Å². The second-order valence-electron chi connectivity index (χ2n) is 4.50. The zero-order chi connectivity index (χ0) is 12.5. The van der Waals surface area contributed by atoms with Gasteiger partial charge in [0.05, 0.1) is 12.0 Å². The Balaban J connectivity index is 1.69. The van der Waals surface area contributed by atoms with Crippen molar-refractivity contribution < 1.29 is 4.39 Å². The average molecular weight is 263 g/mol. The van der Waals surface area contributed by atoms with E-state index in [0.29, 0.717) is 6.04 Å². The molecule has 3 rings (SSSR count). The van der Waals surface area contributed by atoms with Gasteiger partial charge in [-0.1, -0.05) is 0 Å². The van der Waals surface area contributed by atoms with Crippen LogP contribution in [0.1, 0.15) is 24.6 Å². The summed E-state index contributed by atoms with van der Waals surface area (Å²) in [4.78, 5) is 5.08. The number of nitrogens with two attached hydrogens (primary N) is 1. The number of benzene rings is 1. The van der Waals surface area contributed by atoms with E-state index in [4.69, 9.17) is 5.73 Å². The highest BCUT2D eigenvalue weighted by molar-refractivity contribution is 7.98. The Hall–Kier alpha value is -1.49. The number of anilines is 1. The molecule has 1 aliphatic carbocycles. The molecule has 0 amide bonds. The molecule has 1 aromatic heterocycles. The maximum Gasteiger partial charge on any atom is 0.147 e. The van der Waals surface area contributed by atoms with Crippen molar-refractivity contribution in [1.29, 1.82) is 0 Å². The number of hydrogen-bond donors (Lipinski definition) is 1. The molecule has 0 spiro atoms. The van der Waals surface area contributed by atoms with Crippen molar-refractivity contribution in [3.05, 3.63) is 42.2 Å². The number of rotatable bonds is 4. The quantitative estimate of drug-likeness (QED) is 0.680. The fraction of sp³-hybridized carbons (Fsp3) is 0.308. The molecule has 0 aliphatic heterocycles. The average Bonchev–Trinajstić information content (AvgIpc) is 3.10. The van der Waals surface area contributed by atoms with Crippen molar-refractivity contribution in [2.75, 3.05) is 5.73 Å². The molecule has 5 heteroatoms. The van der Waals surface area contributed by atoms with E-state index < -0.39 is 0 Å². The highest BCUT2D eigenvalue weighted by Gasteiger charge is 2.25.